The lowest BCUT2D eigenvalue weighted by Gasteiger charge is -2.06. The van der Waals surface area contributed by atoms with Gasteiger partial charge in [-0.2, -0.15) is 0 Å². The van der Waals surface area contributed by atoms with Crippen LogP contribution in [0.1, 0.15) is 10.5 Å². The lowest BCUT2D eigenvalue weighted by molar-refractivity contribution is 0.0729. The van der Waals surface area contributed by atoms with Crippen molar-refractivity contribution < 1.29 is 14.3 Å². The van der Waals surface area contributed by atoms with E-state index in [1.54, 1.807) is 53.2 Å². The third-order valence-electron chi connectivity index (χ3n) is 3.34. The van der Waals surface area contributed by atoms with Crippen LogP contribution in [0.4, 0.5) is 0 Å². The number of benzene rings is 1. The molecule has 4 aromatic rings. The Morgan fingerprint density at radius 1 is 0.923 bits per heavy atom. The minimum absolute atomic E-state index is 0.298. The number of rotatable bonds is 5. The summed E-state index contributed by atoms with van der Waals surface area (Å²) in [5.41, 5.74) is 0.298. The largest absolute Gasteiger partial charge is 0.439 e. The Hall–Kier alpha value is -3.03. The summed E-state index contributed by atoms with van der Waals surface area (Å²) in [6.45, 7) is 0. The van der Waals surface area contributed by atoms with Gasteiger partial charge in [0.25, 0.3) is 0 Å². The average molecular weight is 380 g/mol. The third kappa shape index (κ3) is 3.79. The summed E-state index contributed by atoms with van der Waals surface area (Å²) in [5.74, 6) is 1.05. The predicted molar refractivity (Wildman–Crippen MR) is 101 cm³/mol. The minimum atomic E-state index is -0.484. The molecule has 7 heteroatoms. The molecule has 0 radical (unpaired) electrons. The van der Waals surface area contributed by atoms with Gasteiger partial charge in [-0.3, -0.25) is 0 Å². The molecule has 0 spiro atoms. The van der Waals surface area contributed by atoms with Crippen LogP contribution in [0.5, 0.6) is 17.4 Å². The number of carbonyl (C=O) groups excluding carboxylic acids is 1. The fourth-order valence-corrected chi connectivity index (χ4v) is 3.75. The number of nitrogens with zero attached hydrogens (tertiary/aromatic N) is 2. The van der Waals surface area contributed by atoms with Gasteiger partial charge in [-0.1, -0.05) is 12.1 Å². The number of carbonyl (C=O) groups is 1. The number of thiophene rings is 1. The van der Waals surface area contributed by atoms with Crippen molar-refractivity contribution in [2.45, 2.75) is 0 Å². The Kier molecular flexibility index (Phi) is 4.72. The highest BCUT2D eigenvalue weighted by Crippen LogP contribution is 2.28. The number of hydrogen-bond acceptors (Lipinski definition) is 7. The van der Waals surface area contributed by atoms with Gasteiger partial charge in [0, 0.05) is 17.6 Å². The second-order valence-corrected chi connectivity index (χ2v) is 6.95. The lowest BCUT2D eigenvalue weighted by atomic mass is 10.3. The Morgan fingerprint density at radius 2 is 1.77 bits per heavy atom. The molecule has 0 fully saturated rings. The van der Waals surface area contributed by atoms with Gasteiger partial charge in [0.2, 0.25) is 5.88 Å². The van der Waals surface area contributed by atoms with E-state index in [0.29, 0.717) is 23.1 Å². The molecule has 0 N–H and O–H groups in total. The van der Waals surface area contributed by atoms with Gasteiger partial charge >= 0.3 is 5.97 Å². The molecule has 0 aliphatic carbocycles. The first kappa shape index (κ1) is 16.4. The van der Waals surface area contributed by atoms with E-state index in [0.717, 1.165) is 9.88 Å². The number of pyridine rings is 1. The number of esters is 1. The zero-order valence-corrected chi connectivity index (χ0v) is 15.0. The van der Waals surface area contributed by atoms with Crippen molar-refractivity contribution in [2.75, 3.05) is 0 Å². The van der Waals surface area contributed by atoms with Crippen molar-refractivity contribution in [2.24, 2.45) is 0 Å². The molecule has 0 bridgehead atoms. The highest BCUT2D eigenvalue weighted by Gasteiger charge is 2.14. The molecular weight excluding hydrogens is 368 g/mol. The number of hydrogen-bond donors (Lipinski definition) is 0. The van der Waals surface area contributed by atoms with Crippen molar-refractivity contribution in [1.82, 2.24) is 9.97 Å². The van der Waals surface area contributed by atoms with E-state index < -0.39 is 5.97 Å². The molecule has 0 unspecified atom stereocenters. The Bertz CT molecular complexity index is 997. The number of ether oxygens (including phenoxy) is 2. The summed E-state index contributed by atoms with van der Waals surface area (Å²) in [6.07, 6.45) is 1.66. The molecule has 128 valence electrons. The first-order valence-electron chi connectivity index (χ1n) is 7.68. The van der Waals surface area contributed by atoms with E-state index in [9.17, 15) is 4.79 Å². The molecule has 0 aliphatic rings. The third-order valence-corrected chi connectivity index (χ3v) is 5.22. The van der Waals surface area contributed by atoms with Gasteiger partial charge < -0.3 is 9.47 Å². The highest BCUT2D eigenvalue weighted by molar-refractivity contribution is 7.20. The van der Waals surface area contributed by atoms with E-state index in [1.807, 2.05) is 29.6 Å². The normalized spacial score (nSPS) is 10.5. The molecule has 0 amide bonds. The summed E-state index contributed by atoms with van der Waals surface area (Å²) in [5, 5.41) is 4.49. The zero-order valence-electron chi connectivity index (χ0n) is 13.4. The molecule has 0 aliphatic heterocycles. The molecule has 4 rings (SSSR count). The summed E-state index contributed by atoms with van der Waals surface area (Å²) >= 11 is 3.01. The topological polar surface area (TPSA) is 61.3 Å². The monoisotopic (exact) mass is 380 g/mol. The van der Waals surface area contributed by atoms with Crippen LogP contribution in [-0.4, -0.2) is 15.9 Å². The molecule has 26 heavy (non-hydrogen) atoms. The van der Waals surface area contributed by atoms with Crippen LogP contribution in [-0.2, 0) is 0 Å². The maximum Gasteiger partial charge on any atom is 0.363 e. The van der Waals surface area contributed by atoms with Crippen molar-refractivity contribution in [3.63, 3.8) is 0 Å². The molecular formula is C19H12N2O3S2. The summed E-state index contributed by atoms with van der Waals surface area (Å²) in [7, 11) is 0. The molecule has 5 nitrogen and oxygen atoms in total. The predicted octanol–water partition coefficient (Wildman–Crippen LogP) is 5.28. The van der Waals surface area contributed by atoms with Crippen LogP contribution in [0.2, 0.25) is 0 Å². The molecule has 0 atom stereocenters. The first-order valence-corrected chi connectivity index (χ1v) is 9.44. The molecule has 1 aromatic carbocycles. The maximum absolute atomic E-state index is 12.3. The zero-order chi connectivity index (χ0) is 17.8. The van der Waals surface area contributed by atoms with Gasteiger partial charge in [0.1, 0.15) is 16.5 Å². The van der Waals surface area contributed by atoms with Gasteiger partial charge in [-0.25, -0.2) is 14.8 Å². The fraction of sp³-hybridized carbons (Fsp3) is 0. The van der Waals surface area contributed by atoms with Crippen LogP contribution in [0.3, 0.4) is 0 Å². The Labute approximate surface area is 157 Å². The minimum Gasteiger partial charge on any atom is -0.439 e. The van der Waals surface area contributed by atoms with Crippen LogP contribution in [0, 0.1) is 0 Å². The second kappa shape index (κ2) is 7.47. The van der Waals surface area contributed by atoms with Gasteiger partial charge in [-0.15, -0.1) is 22.7 Å². The first-order chi connectivity index (χ1) is 12.8. The van der Waals surface area contributed by atoms with E-state index in [1.165, 1.54) is 11.3 Å². The number of aromatic nitrogens is 2. The highest BCUT2D eigenvalue weighted by atomic mass is 32.1. The second-order valence-electron chi connectivity index (χ2n) is 5.15. The standard InChI is InChI=1S/C19H12N2O3S2/c22-19(15-12-26-18(21-15)16-4-3-11-25-16)24-14-8-6-13(7-9-14)23-17-5-1-2-10-20-17/h1-12H. The molecule has 3 heterocycles. The van der Waals surface area contributed by atoms with Crippen LogP contribution < -0.4 is 9.47 Å². The molecule has 0 saturated carbocycles. The van der Waals surface area contributed by atoms with E-state index in [2.05, 4.69) is 9.97 Å². The Morgan fingerprint density at radius 3 is 2.50 bits per heavy atom. The van der Waals surface area contributed by atoms with Crippen molar-refractivity contribution >= 4 is 28.6 Å². The van der Waals surface area contributed by atoms with Crippen LogP contribution in [0.25, 0.3) is 9.88 Å². The number of thiazole rings is 1. The summed E-state index contributed by atoms with van der Waals surface area (Å²) < 4.78 is 11.0. The van der Waals surface area contributed by atoms with Gasteiger partial charge in [0.05, 0.1) is 4.88 Å². The molecule has 0 saturated heterocycles. The van der Waals surface area contributed by atoms with Crippen LogP contribution in [0.15, 0.2) is 71.6 Å². The fourth-order valence-electron chi connectivity index (χ4n) is 2.14. The molecule has 3 aromatic heterocycles. The summed E-state index contributed by atoms with van der Waals surface area (Å²) in [4.78, 5) is 21.7. The average Bonchev–Trinajstić information content (AvgIpc) is 3.36. The van der Waals surface area contributed by atoms with Crippen molar-refractivity contribution in [3.05, 3.63) is 77.2 Å². The van der Waals surface area contributed by atoms with E-state index >= 15 is 0 Å². The van der Waals surface area contributed by atoms with Crippen molar-refractivity contribution in [3.8, 4) is 27.3 Å². The van der Waals surface area contributed by atoms with Gasteiger partial charge in [-0.05, 0) is 41.8 Å². The smallest absolute Gasteiger partial charge is 0.363 e. The maximum atomic E-state index is 12.3. The Balaban J connectivity index is 1.41. The quantitative estimate of drug-likeness (QED) is 0.348. The SMILES string of the molecule is O=C(Oc1ccc(Oc2ccccn2)cc1)c1csc(-c2cccs2)n1. The lowest BCUT2D eigenvalue weighted by Crippen LogP contribution is -2.08. The van der Waals surface area contributed by atoms with Crippen LogP contribution >= 0.6 is 22.7 Å². The van der Waals surface area contributed by atoms with Gasteiger partial charge in [0.15, 0.2) is 5.69 Å². The van der Waals surface area contributed by atoms with Crippen molar-refractivity contribution in [1.29, 1.82) is 0 Å². The van der Waals surface area contributed by atoms with E-state index in [4.69, 9.17) is 9.47 Å². The van der Waals surface area contributed by atoms with E-state index in [-0.39, 0.29) is 0 Å². The summed E-state index contributed by atoms with van der Waals surface area (Å²) in [6, 6.07) is 16.1.